The number of Topliss-reactive ketones (excluding diaryl/α,β-unsaturated/α-hetero) is 1. The summed E-state index contributed by atoms with van der Waals surface area (Å²) in [5, 5.41) is 11.5. The minimum Gasteiger partial charge on any atom is -0.507 e. The van der Waals surface area contributed by atoms with Crippen LogP contribution in [0.15, 0.2) is 72.3 Å². The molecule has 2 aliphatic rings. The molecule has 0 spiro atoms. The Morgan fingerprint density at radius 3 is 2.41 bits per heavy atom. The third-order valence-electron chi connectivity index (χ3n) is 6.83. The monoisotopic (exact) mass is 497 g/mol. The van der Waals surface area contributed by atoms with E-state index in [1.165, 1.54) is 24.5 Å². The number of carbonyl (C=O) groups excluding carboxylic acids is 3. The lowest BCUT2D eigenvalue weighted by atomic mass is 9.88. The molecule has 1 amide bonds. The van der Waals surface area contributed by atoms with Gasteiger partial charge in [-0.2, -0.15) is 0 Å². The summed E-state index contributed by atoms with van der Waals surface area (Å²) in [6.07, 6.45) is 4.09. The Bertz CT molecular complexity index is 1440. The molecular weight excluding hydrogens is 470 g/mol. The van der Waals surface area contributed by atoms with Crippen molar-refractivity contribution in [2.24, 2.45) is 0 Å². The fourth-order valence-corrected chi connectivity index (χ4v) is 5.12. The van der Waals surface area contributed by atoms with Crippen molar-refractivity contribution < 1.29 is 29.0 Å². The van der Waals surface area contributed by atoms with E-state index in [4.69, 9.17) is 9.47 Å². The van der Waals surface area contributed by atoms with E-state index in [1.807, 2.05) is 12.1 Å². The molecule has 0 saturated carbocycles. The minimum absolute atomic E-state index is 0.0245. The summed E-state index contributed by atoms with van der Waals surface area (Å²) in [7, 11) is 1.52. The maximum Gasteiger partial charge on any atom is 0.308 e. The van der Waals surface area contributed by atoms with E-state index in [-0.39, 0.29) is 17.1 Å². The van der Waals surface area contributed by atoms with Crippen molar-refractivity contribution in [1.29, 1.82) is 0 Å². The topological polar surface area (TPSA) is 93.1 Å². The molecule has 188 valence electrons. The Morgan fingerprint density at radius 2 is 1.65 bits per heavy atom. The molecule has 1 heterocycles. The summed E-state index contributed by atoms with van der Waals surface area (Å²) < 4.78 is 10.6. The van der Waals surface area contributed by atoms with Crippen LogP contribution in [0.4, 0.5) is 5.69 Å². The van der Waals surface area contributed by atoms with Crippen LogP contribution in [0.2, 0.25) is 0 Å². The number of esters is 1. The van der Waals surface area contributed by atoms with Crippen LogP contribution < -0.4 is 14.4 Å². The summed E-state index contributed by atoms with van der Waals surface area (Å²) >= 11 is 0. The molecule has 0 bridgehead atoms. The number of carbonyl (C=O) groups is 3. The molecular formula is C30H27NO6. The van der Waals surface area contributed by atoms with E-state index >= 15 is 0 Å². The van der Waals surface area contributed by atoms with E-state index in [9.17, 15) is 19.5 Å². The number of nitrogens with zero attached hydrogens (tertiary/aromatic N) is 1. The number of aliphatic hydroxyl groups is 1. The highest BCUT2D eigenvalue weighted by atomic mass is 16.5. The number of aryl methyl sites for hydroxylation is 2. The zero-order valence-electron chi connectivity index (χ0n) is 20.7. The molecule has 1 atom stereocenters. The average molecular weight is 498 g/mol. The zero-order chi connectivity index (χ0) is 26.1. The normalized spacial score (nSPS) is 18.4. The van der Waals surface area contributed by atoms with Crippen LogP contribution in [0.3, 0.4) is 0 Å². The average Bonchev–Trinajstić information content (AvgIpc) is 3.18. The minimum atomic E-state index is -0.946. The quantitative estimate of drug-likeness (QED) is 0.173. The first kappa shape index (κ1) is 24.3. The van der Waals surface area contributed by atoms with E-state index in [0.29, 0.717) is 22.6 Å². The van der Waals surface area contributed by atoms with E-state index < -0.39 is 23.7 Å². The Balaban J connectivity index is 1.69. The first-order valence-electron chi connectivity index (χ1n) is 12.2. The van der Waals surface area contributed by atoms with Crippen molar-refractivity contribution in [3.8, 4) is 11.5 Å². The molecule has 3 aromatic rings. The highest BCUT2D eigenvalue weighted by molar-refractivity contribution is 6.51. The molecule has 1 aliphatic carbocycles. The number of hydrogen-bond donors (Lipinski definition) is 1. The summed E-state index contributed by atoms with van der Waals surface area (Å²) in [6, 6.07) is 18.2. The fourth-order valence-electron chi connectivity index (χ4n) is 5.12. The van der Waals surface area contributed by atoms with Gasteiger partial charge in [0.1, 0.15) is 17.3 Å². The van der Waals surface area contributed by atoms with Crippen molar-refractivity contribution in [2.45, 2.75) is 38.6 Å². The molecule has 0 radical (unpaired) electrons. The number of benzene rings is 3. The number of fused-ring (bicyclic) bond motifs is 1. The summed E-state index contributed by atoms with van der Waals surface area (Å²) in [6.45, 7) is 1.30. The Morgan fingerprint density at radius 1 is 0.919 bits per heavy atom. The highest BCUT2D eigenvalue weighted by Gasteiger charge is 2.47. The van der Waals surface area contributed by atoms with Crippen LogP contribution in [-0.2, 0) is 27.2 Å². The van der Waals surface area contributed by atoms with Crippen LogP contribution in [0.25, 0.3) is 5.76 Å². The van der Waals surface area contributed by atoms with Crippen LogP contribution in [-0.4, -0.2) is 29.9 Å². The third kappa shape index (κ3) is 4.60. The van der Waals surface area contributed by atoms with Crippen LogP contribution in [0, 0.1) is 0 Å². The van der Waals surface area contributed by atoms with E-state index in [0.717, 1.165) is 31.2 Å². The molecule has 37 heavy (non-hydrogen) atoms. The Hall–Kier alpha value is -4.39. The first-order chi connectivity index (χ1) is 17.9. The second kappa shape index (κ2) is 9.93. The second-order valence-electron chi connectivity index (χ2n) is 9.23. The van der Waals surface area contributed by atoms with Gasteiger partial charge in [-0.15, -0.1) is 0 Å². The standard InChI is InChI=1S/C30H27NO6/c1-18(32)37-25-12-5-9-21(16-25)27-26(28(33)22-14-13-19-7-3-4-8-20(19)15-22)29(34)30(35)31(27)23-10-6-11-24(17-23)36-2/h5-6,9-17,27,33H,3-4,7-8H2,1-2H3/b28-26-. The van der Waals surface area contributed by atoms with Crippen LogP contribution in [0.5, 0.6) is 11.5 Å². The smallest absolute Gasteiger partial charge is 0.308 e. The van der Waals surface area contributed by atoms with Gasteiger partial charge < -0.3 is 14.6 Å². The molecule has 1 unspecified atom stereocenters. The van der Waals surface area contributed by atoms with Gasteiger partial charge in [-0.1, -0.05) is 30.3 Å². The van der Waals surface area contributed by atoms with Gasteiger partial charge >= 0.3 is 5.97 Å². The van der Waals surface area contributed by atoms with Gasteiger partial charge in [0.05, 0.1) is 18.7 Å². The van der Waals surface area contributed by atoms with Gasteiger partial charge in [-0.3, -0.25) is 19.3 Å². The number of hydrogen-bond acceptors (Lipinski definition) is 6. The maximum absolute atomic E-state index is 13.5. The number of ether oxygens (including phenoxy) is 2. The molecule has 3 aromatic carbocycles. The zero-order valence-corrected chi connectivity index (χ0v) is 20.7. The number of amides is 1. The lowest BCUT2D eigenvalue weighted by molar-refractivity contribution is -0.132. The lowest BCUT2D eigenvalue weighted by Gasteiger charge is -2.26. The molecule has 1 saturated heterocycles. The fraction of sp³-hybridized carbons (Fsp3) is 0.233. The van der Waals surface area contributed by atoms with E-state index in [1.54, 1.807) is 54.6 Å². The van der Waals surface area contributed by atoms with E-state index in [2.05, 4.69) is 0 Å². The number of aliphatic hydroxyl groups excluding tert-OH is 1. The van der Waals surface area contributed by atoms with Gasteiger partial charge in [0.2, 0.25) is 0 Å². The molecule has 5 rings (SSSR count). The molecule has 7 heteroatoms. The van der Waals surface area contributed by atoms with Gasteiger partial charge in [0, 0.05) is 24.2 Å². The SMILES string of the molecule is COc1cccc(N2C(=O)C(=O)/C(=C(\O)c3ccc4c(c3)CCCC4)C2c2cccc(OC(C)=O)c2)c1. The second-order valence-corrected chi connectivity index (χ2v) is 9.23. The predicted octanol–water partition coefficient (Wildman–Crippen LogP) is 5.13. The van der Waals surface area contributed by atoms with Crippen LogP contribution >= 0.6 is 0 Å². The van der Waals surface area contributed by atoms with Crippen molar-refractivity contribution in [2.75, 3.05) is 12.0 Å². The van der Waals surface area contributed by atoms with Crippen molar-refractivity contribution >= 4 is 29.1 Å². The molecule has 1 aliphatic heterocycles. The van der Waals surface area contributed by atoms with Gasteiger partial charge in [0.15, 0.2) is 0 Å². The Kier molecular flexibility index (Phi) is 6.53. The summed E-state index contributed by atoms with van der Waals surface area (Å²) in [5.74, 6) is -1.50. The summed E-state index contributed by atoms with van der Waals surface area (Å²) in [4.78, 5) is 39.8. The molecule has 7 nitrogen and oxygen atoms in total. The largest absolute Gasteiger partial charge is 0.507 e. The third-order valence-corrected chi connectivity index (χ3v) is 6.83. The highest BCUT2D eigenvalue weighted by Crippen LogP contribution is 2.43. The molecule has 1 N–H and O–H groups in total. The van der Waals surface area contributed by atoms with Gasteiger partial charge in [-0.25, -0.2) is 0 Å². The number of anilines is 1. The van der Waals surface area contributed by atoms with Crippen molar-refractivity contribution in [3.63, 3.8) is 0 Å². The summed E-state index contributed by atoms with van der Waals surface area (Å²) in [5.41, 5.74) is 3.80. The number of rotatable bonds is 5. The molecule has 0 aromatic heterocycles. The van der Waals surface area contributed by atoms with Crippen molar-refractivity contribution in [3.05, 3.63) is 94.6 Å². The first-order valence-corrected chi connectivity index (χ1v) is 12.2. The maximum atomic E-state index is 13.5. The Labute approximate surface area is 214 Å². The lowest BCUT2D eigenvalue weighted by Crippen LogP contribution is -2.29. The van der Waals surface area contributed by atoms with Gasteiger partial charge in [0.25, 0.3) is 11.7 Å². The number of ketones is 1. The molecule has 1 fully saturated rings. The van der Waals surface area contributed by atoms with Crippen LogP contribution in [0.1, 0.15) is 48.1 Å². The van der Waals surface area contributed by atoms with Crippen molar-refractivity contribution in [1.82, 2.24) is 0 Å². The predicted molar refractivity (Wildman–Crippen MR) is 139 cm³/mol. The van der Waals surface area contributed by atoms with Gasteiger partial charge in [-0.05, 0) is 72.7 Å². The number of methoxy groups -OCH3 is 1.